The number of hydrogen-bond donors (Lipinski definition) is 1. The Kier molecular flexibility index (Phi) is 4.62. The second-order valence-electron chi connectivity index (χ2n) is 4.90. The first-order valence-corrected chi connectivity index (χ1v) is 7.05. The summed E-state index contributed by atoms with van der Waals surface area (Å²) in [5.74, 6) is 0. The predicted molar refractivity (Wildman–Crippen MR) is 82.9 cm³/mol. The van der Waals surface area contributed by atoms with E-state index in [1.54, 1.807) is 0 Å². The Labute approximate surface area is 120 Å². The van der Waals surface area contributed by atoms with Gasteiger partial charge in [-0.05, 0) is 49.2 Å². The van der Waals surface area contributed by atoms with Gasteiger partial charge in [-0.1, -0.05) is 54.4 Å². The summed E-state index contributed by atoms with van der Waals surface area (Å²) in [6, 6.07) is 15.0. The molecule has 1 nitrogen and oxygen atoms in total. The number of rotatable bonds is 4. The summed E-state index contributed by atoms with van der Waals surface area (Å²) in [4.78, 5) is 0. The van der Waals surface area contributed by atoms with Gasteiger partial charge in [0.05, 0.1) is 6.04 Å². The van der Waals surface area contributed by atoms with E-state index in [0.717, 1.165) is 11.6 Å². The molecule has 19 heavy (non-hydrogen) atoms. The molecule has 0 heterocycles. The molecule has 0 aliphatic carbocycles. The lowest BCUT2D eigenvalue weighted by Crippen LogP contribution is -2.22. The van der Waals surface area contributed by atoms with E-state index in [0.29, 0.717) is 0 Å². The maximum absolute atomic E-state index is 6.15. The van der Waals surface area contributed by atoms with Crippen LogP contribution in [0.2, 0.25) is 5.02 Å². The average Bonchev–Trinajstić information content (AvgIpc) is 2.40. The molecule has 0 bridgehead atoms. The van der Waals surface area contributed by atoms with Crippen molar-refractivity contribution in [3.8, 4) is 0 Å². The molecule has 2 aromatic rings. The Morgan fingerprint density at radius 1 is 1.05 bits per heavy atom. The maximum atomic E-state index is 6.15. The van der Waals surface area contributed by atoms with Crippen molar-refractivity contribution in [2.24, 2.45) is 0 Å². The molecule has 0 aliphatic heterocycles. The van der Waals surface area contributed by atoms with Crippen molar-refractivity contribution in [1.82, 2.24) is 5.32 Å². The lowest BCUT2D eigenvalue weighted by Gasteiger charge is -2.21. The number of halogens is 1. The monoisotopic (exact) mass is 273 g/mol. The van der Waals surface area contributed by atoms with Crippen molar-refractivity contribution in [1.29, 1.82) is 0 Å². The Hall–Kier alpha value is -1.31. The van der Waals surface area contributed by atoms with Gasteiger partial charge in [0.1, 0.15) is 0 Å². The zero-order valence-electron chi connectivity index (χ0n) is 11.7. The molecule has 2 rings (SSSR count). The van der Waals surface area contributed by atoms with E-state index in [1.807, 2.05) is 6.07 Å². The molecule has 0 saturated heterocycles. The van der Waals surface area contributed by atoms with Gasteiger partial charge in [0.2, 0.25) is 0 Å². The molecular formula is C17H20ClN. The average molecular weight is 274 g/mol. The van der Waals surface area contributed by atoms with E-state index in [-0.39, 0.29) is 6.04 Å². The summed E-state index contributed by atoms with van der Waals surface area (Å²) in [7, 11) is 0. The molecule has 100 valence electrons. The first kappa shape index (κ1) is 14.1. The van der Waals surface area contributed by atoms with Crippen LogP contribution in [0.4, 0.5) is 0 Å². The molecule has 2 aromatic carbocycles. The van der Waals surface area contributed by atoms with Crippen LogP contribution in [0.5, 0.6) is 0 Å². The summed E-state index contributed by atoms with van der Waals surface area (Å²) in [5.41, 5.74) is 5.06. The van der Waals surface area contributed by atoms with Crippen LogP contribution in [-0.4, -0.2) is 6.54 Å². The highest BCUT2D eigenvalue weighted by Gasteiger charge is 2.15. The van der Waals surface area contributed by atoms with Crippen molar-refractivity contribution in [2.45, 2.75) is 26.8 Å². The standard InChI is InChI=1S/C17H20ClN/c1-4-19-17(14-8-5-12(2)6-9-14)16-11-15(18)10-7-13(16)3/h5-11,17,19H,4H2,1-3H3. The predicted octanol–water partition coefficient (Wildman–Crippen LogP) is 4.66. The molecular weight excluding hydrogens is 254 g/mol. The zero-order valence-corrected chi connectivity index (χ0v) is 12.5. The normalized spacial score (nSPS) is 12.4. The van der Waals surface area contributed by atoms with E-state index < -0.39 is 0 Å². The van der Waals surface area contributed by atoms with Crippen molar-refractivity contribution in [2.75, 3.05) is 6.54 Å². The van der Waals surface area contributed by atoms with Gasteiger partial charge in [-0.25, -0.2) is 0 Å². The molecule has 1 atom stereocenters. The fraction of sp³-hybridized carbons (Fsp3) is 0.294. The third-order valence-electron chi connectivity index (χ3n) is 3.37. The third kappa shape index (κ3) is 3.37. The second-order valence-corrected chi connectivity index (χ2v) is 5.34. The Bertz CT molecular complexity index is 546. The minimum absolute atomic E-state index is 0.198. The van der Waals surface area contributed by atoms with Gasteiger partial charge in [0, 0.05) is 5.02 Å². The van der Waals surface area contributed by atoms with Gasteiger partial charge in [-0.3, -0.25) is 0 Å². The van der Waals surface area contributed by atoms with Crippen LogP contribution in [0.15, 0.2) is 42.5 Å². The Morgan fingerprint density at radius 3 is 2.37 bits per heavy atom. The van der Waals surface area contributed by atoms with E-state index in [2.05, 4.69) is 62.5 Å². The van der Waals surface area contributed by atoms with Crippen molar-refractivity contribution in [3.63, 3.8) is 0 Å². The highest BCUT2D eigenvalue weighted by molar-refractivity contribution is 6.30. The summed E-state index contributed by atoms with van der Waals surface area (Å²) in [6.07, 6.45) is 0. The summed E-state index contributed by atoms with van der Waals surface area (Å²) < 4.78 is 0. The molecule has 0 spiro atoms. The van der Waals surface area contributed by atoms with Gasteiger partial charge in [0.25, 0.3) is 0 Å². The fourth-order valence-electron chi connectivity index (χ4n) is 2.29. The van der Waals surface area contributed by atoms with Crippen LogP contribution in [0.3, 0.4) is 0 Å². The van der Waals surface area contributed by atoms with Crippen LogP contribution < -0.4 is 5.32 Å². The number of hydrogen-bond acceptors (Lipinski definition) is 1. The van der Waals surface area contributed by atoms with Crippen LogP contribution >= 0.6 is 11.6 Å². The molecule has 2 heteroatoms. The van der Waals surface area contributed by atoms with Crippen LogP contribution in [-0.2, 0) is 0 Å². The molecule has 0 aromatic heterocycles. The van der Waals surface area contributed by atoms with Gasteiger partial charge >= 0.3 is 0 Å². The summed E-state index contributed by atoms with van der Waals surface area (Å²) >= 11 is 6.15. The van der Waals surface area contributed by atoms with E-state index >= 15 is 0 Å². The van der Waals surface area contributed by atoms with Crippen LogP contribution in [0.25, 0.3) is 0 Å². The molecule has 0 saturated carbocycles. The van der Waals surface area contributed by atoms with Gasteiger partial charge in [0.15, 0.2) is 0 Å². The number of aryl methyl sites for hydroxylation is 2. The molecule has 0 fully saturated rings. The zero-order chi connectivity index (χ0) is 13.8. The lowest BCUT2D eigenvalue weighted by atomic mass is 9.94. The van der Waals surface area contributed by atoms with Crippen LogP contribution in [0.1, 0.15) is 35.2 Å². The lowest BCUT2D eigenvalue weighted by molar-refractivity contribution is 0.627. The van der Waals surface area contributed by atoms with Gasteiger partial charge in [-0.15, -0.1) is 0 Å². The summed E-state index contributed by atoms with van der Waals surface area (Å²) in [5, 5.41) is 4.33. The molecule has 0 amide bonds. The van der Waals surface area contributed by atoms with Gasteiger partial charge in [-0.2, -0.15) is 0 Å². The largest absolute Gasteiger partial charge is 0.307 e. The third-order valence-corrected chi connectivity index (χ3v) is 3.61. The Balaban J connectivity index is 2.44. The molecule has 1 unspecified atom stereocenters. The number of benzene rings is 2. The van der Waals surface area contributed by atoms with Crippen molar-refractivity contribution >= 4 is 11.6 Å². The minimum Gasteiger partial charge on any atom is -0.307 e. The van der Waals surface area contributed by atoms with E-state index in [9.17, 15) is 0 Å². The molecule has 0 radical (unpaired) electrons. The SMILES string of the molecule is CCNC(c1ccc(C)cc1)c1cc(Cl)ccc1C. The van der Waals surface area contributed by atoms with E-state index in [4.69, 9.17) is 11.6 Å². The second kappa shape index (κ2) is 6.23. The molecule has 0 aliphatic rings. The van der Waals surface area contributed by atoms with Crippen molar-refractivity contribution < 1.29 is 0 Å². The number of nitrogens with one attached hydrogen (secondary N) is 1. The van der Waals surface area contributed by atoms with Crippen LogP contribution in [0, 0.1) is 13.8 Å². The minimum atomic E-state index is 0.198. The highest BCUT2D eigenvalue weighted by Crippen LogP contribution is 2.27. The van der Waals surface area contributed by atoms with E-state index in [1.165, 1.54) is 22.3 Å². The first-order valence-electron chi connectivity index (χ1n) is 6.68. The smallest absolute Gasteiger partial charge is 0.0579 e. The van der Waals surface area contributed by atoms with Gasteiger partial charge < -0.3 is 5.32 Å². The molecule has 1 N–H and O–H groups in total. The first-order chi connectivity index (χ1) is 9.11. The summed E-state index contributed by atoms with van der Waals surface area (Å²) in [6.45, 7) is 7.28. The van der Waals surface area contributed by atoms with Crippen molar-refractivity contribution in [3.05, 3.63) is 69.7 Å². The Morgan fingerprint density at radius 2 is 1.74 bits per heavy atom. The fourth-order valence-corrected chi connectivity index (χ4v) is 2.47. The highest BCUT2D eigenvalue weighted by atomic mass is 35.5. The maximum Gasteiger partial charge on any atom is 0.0579 e. The topological polar surface area (TPSA) is 12.0 Å². The quantitative estimate of drug-likeness (QED) is 0.855.